The molecule has 0 saturated heterocycles. The van der Waals surface area contributed by atoms with E-state index in [1.54, 1.807) is 12.3 Å². The fraction of sp³-hybridized carbons (Fsp3) is 0.308. The van der Waals surface area contributed by atoms with E-state index in [2.05, 4.69) is 4.98 Å². The Morgan fingerprint density at radius 2 is 2.24 bits per heavy atom. The van der Waals surface area contributed by atoms with Gasteiger partial charge in [-0.25, -0.2) is 9.37 Å². The fourth-order valence-corrected chi connectivity index (χ4v) is 1.99. The minimum atomic E-state index is -0.314. The zero-order valence-corrected chi connectivity index (χ0v) is 10.0. The Morgan fingerprint density at radius 3 is 2.88 bits per heavy atom. The maximum Gasteiger partial charge on any atom is 0.130 e. The van der Waals surface area contributed by atoms with Crippen LogP contribution in [0.1, 0.15) is 29.9 Å². The molecule has 2 aromatic rings. The highest BCUT2D eigenvalue weighted by atomic mass is 19.1. The van der Waals surface area contributed by atoms with Crippen molar-refractivity contribution >= 4 is 0 Å². The van der Waals surface area contributed by atoms with Gasteiger partial charge in [-0.05, 0) is 37.1 Å². The largest absolute Gasteiger partial charge is 0.334 e. The quantitative estimate of drug-likeness (QED) is 0.884. The van der Waals surface area contributed by atoms with Gasteiger partial charge in [-0.3, -0.25) is 0 Å². The Balaban J connectivity index is 2.40. The number of hydrogen-bond donors (Lipinski definition) is 1. The molecule has 0 saturated carbocycles. The lowest BCUT2D eigenvalue weighted by Gasteiger charge is -2.15. The first-order valence-electron chi connectivity index (χ1n) is 5.66. The van der Waals surface area contributed by atoms with Gasteiger partial charge in [0.1, 0.15) is 11.6 Å². The van der Waals surface area contributed by atoms with Gasteiger partial charge in [-0.1, -0.05) is 6.07 Å². The van der Waals surface area contributed by atoms with Crippen LogP contribution in [0.3, 0.4) is 0 Å². The summed E-state index contributed by atoms with van der Waals surface area (Å²) in [6.07, 6.45) is 3.63. The maximum absolute atomic E-state index is 13.0. The number of aromatic nitrogens is 2. The van der Waals surface area contributed by atoms with Crippen LogP contribution in [0.2, 0.25) is 0 Å². The first-order chi connectivity index (χ1) is 8.13. The SMILES string of the molecule is CCn1ccnc1C(N)c1ccc(F)cc1C. The molecule has 1 unspecified atom stereocenters. The van der Waals surface area contributed by atoms with Crippen LogP contribution in [0.5, 0.6) is 0 Å². The number of nitrogens with zero attached hydrogens (tertiary/aromatic N) is 2. The Kier molecular flexibility index (Phi) is 3.24. The van der Waals surface area contributed by atoms with Gasteiger partial charge in [0.25, 0.3) is 0 Å². The first kappa shape index (κ1) is 11.8. The second-order valence-corrected chi connectivity index (χ2v) is 4.05. The summed E-state index contributed by atoms with van der Waals surface area (Å²) in [6, 6.07) is 4.34. The van der Waals surface area contributed by atoms with Crippen LogP contribution < -0.4 is 5.73 Å². The molecule has 17 heavy (non-hydrogen) atoms. The average molecular weight is 233 g/mol. The van der Waals surface area contributed by atoms with Crippen molar-refractivity contribution in [3.63, 3.8) is 0 Å². The third kappa shape index (κ3) is 2.22. The van der Waals surface area contributed by atoms with E-state index in [1.807, 2.05) is 24.6 Å². The molecule has 0 aliphatic heterocycles. The summed E-state index contributed by atoms with van der Waals surface area (Å²) in [4.78, 5) is 4.27. The van der Waals surface area contributed by atoms with Crippen LogP contribution in [-0.4, -0.2) is 9.55 Å². The molecule has 4 heteroatoms. The second kappa shape index (κ2) is 4.67. The molecule has 0 aliphatic rings. The molecule has 1 heterocycles. The van der Waals surface area contributed by atoms with Crippen LogP contribution in [0.4, 0.5) is 4.39 Å². The number of rotatable bonds is 3. The van der Waals surface area contributed by atoms with Crippen molar-refractivity contribution in [3.8, 4) is 0 Å². The topological polar surface area (TPSA) is 43.8 Å². The zero-order chi connectivity index (χ0) is 12.4. The van der Waals surface area contributed by atoms with Crippen molar-refractivity contribution in [2.24, 2.45) is 5.73 Å². The highest BCUT2D eigenvalue weighted by molar-refractivity contribution is 5.33. The van der Waals surface area contributed by atoms with E-state index in [1.165, 1.54) is 12.1 Å². The standard InChI is InChI=1S/C13H16FN3/c1-3-17-7-6-16-13(17)12(15)11-5-4-10(14)8-9(11)2/h4-8,12H,3,15H2,1-2H3. The van der Waals surface area contributed by atoms with Gasteiger partial charge in [0, 0.05) is 18.9 Å². The molecule has 1 atom stereocenters. The Hall–Kier alpha value is -1.68. The monoisotopic (exact) mass is 233 g/mol. The Morgan fingerprint density at radius 1 is 1.47 bits per heavy atom. The molecule has 0 radical (unpaired) electrons. The van der Waals surface area contributed by atoms with E-state index < -0.39 is 0 Å². The molecule has 2 N–H and O–H groups in total. The van der Waals surface area contributed by atoms with Crippen molar-refractivity contribution in [1.29, 1.82) is 0 Å². The predicted molar refractivity (Wildman–Crippen MR) is 65.1 cm³/mol. The average Bonchev–Trinajstić information content (AvgIpc) is 2.76. The van der Waals surface area contributed by atoms with Crippen LogP contribution in [-0.2, 0) is 6.54 Å². The number of imidazole rings is 1. The van der Waals surface area contributed by atoms with E-state index >= 15 is 0 Å². The van der Waals surface area contributed by atoms with E-state index in [0.717, 1.165) is 23.5 Å². The summed E-state index contributed by atoms with van der Waals surface area (Å²) in [5.74, 6) is 0.569. The summed E-state index contributed by atoms with van der Waals surface area (Å²) in [5, 5.41) is 0. The highest BCUT2D eigenvalue weighted by Crippen LogP contribution is 2.22. The van der Waals surface area contributed by atoms with Crippen molar-refractivity contribution in [2.75, 3.05) is 0 Å². The molecular weight excluding hydrogens is 217 g/mol. The molecule has 90 valence electrons. The van der Waals surface area contributed by atoms with E-state index in [9.17, 15) is 4.39 Å². The second-order valence-electron chi connectivity index (χ2n) is 4.05. The third-order valence-corrected chi connectivity index (χ3v) is 2.93. The van der Waals surface area contributed by atoms with Crippen LogP contribution in [0, 0.1) is 12.7 Å². The predicted octanol–water partition coefficient (Wildman–Crippen LogP) is 2.40. The summed E-state index contributed by atoms with van der Waals surface area (Å²) < 4.78 is 15.0. The molecular formula is C13H16FN3. The summed E-state index contributed by atoms with van der Waals surface area (Å²) >= 11 is 0. The molecule has 2 rings (SSSR count). The molecule has 0 spiro atoms. The van der Waals surface area contributed by atoms with Crippen molar-refractivity contribution in [2.45, 2.75) is 26.4 Å². The van der Waals surface area contributed by atoms with E-state index in [0.29, 0.717) is 0 Å². The number of hydrogen-bond acceptors (Lipinski definition) is 2. The number of benzene rings is 1. The third-order valence-electron chi connectivity index (χ3n) is 2.93. The molecule has 0 fully saturated rings. The van der Waals surface area contributed by atoms with Crippen LogP contribution in [0.25, 0.3) is 0 Å². The van der Waals surface area contributed by atoms with Crippen LogP contribution >= 0.6 is 0 Å². The first-order valence-corrected chi connectivity index (χ1v) is 5.66. The molecule has 0 aliphatic carbocycles. The van der Waals surface area contributed by atoms with Gasteiger partial charge in [0.2, 0.25) is 0 Å². The smallest absolute Gasteiger partial charge is 0.130 e. The Labute approximate surface area is 100 Å². The highest BCUT2D eigenvalue weighted by Gasteiger charge is 2.16. The van der Waals surface area contributed by atoms with Gasteiger partial charge >= 0.3 is 0 Å². The minimum Gasteiger partial charge on any atom is -0.334 e. The maximum atomic E-state index is 13.0. The zero-order valence-electron chi connectivity index (χ0n) is 10.0. The van der Waals surface area contributed by atoms with Gasteiger partial charge in [-0.2, -0.15) is 0 Å². The lowest BCUT2D eigenvalue weighted by Crippen LogP contribution is -2.18. The van der Waals surface area contributed by atoms with Gasteiger partial charge < -0.3 is 10.3 Å². The molecule has 0 bridgehead atoms. The summed E-state index contributed by atoms with van der Waals surface area (Å²) in [6.45, 7) is 4.72. The van der Waals surface area contributed by atoms with Gasteiger partial charge in [0.15, 0.2) is 0 Å². The minimum absolute atomic E-state index is 0.239. The molecule has 1 aromatic heterocycles. The van der Waals surface area contributed by atoms with Crippen molar-refractivity contribution in [1.82, 2.24) is 9.55 Å². The van der Waals surface area contributed by atoms with Crippen LogP contribution in [0.15, 0.2) is 30.6 Å². The lowest BCUT2D eigenvalue weighted by molar-refractivity contribution is 0.621. The summed E-state index contributed by atoms with van der Waals surface area (Å²) in [5.41, 5.74) is 7.94. The van der Waals surface area contributed by atoms with Crippen molar-refractivity contribution < 1.29 is 4.39 Å². The Bertz CT molecular complexity index is 519. The summed E-state index contributed by atoms with van der Waals surface area (Å²) in [7, 11) is 0. The van der Waals surface area contributed by atoms with Gasteiger partial charge in [-0.15, -0.1) is 0 Å². The van der Waals surface area contributed by atoms with Crippen molar-refractivity contribution in [3.05, 3.63) is 53.4 Å². The van der Waals surface area contributed by atoms with E-state index in [4.69, 9.17) is 5.73 Å². The molecule has 0 amide bonds. The molecule has 1 aromatic carbocycles. The fourth-order valence-electron chi connectivity index (χ4n) is 1.99. The van der Waals surface area contributed by atoms with Gasteiger partial charge in [0.05, 0.1) is 6.04 Å². The normalized spacial score (nSPS) is 12.7. The van der Waals surface area contributed by atoms with E-state index in [-0.39, 0.29) is 11.9 Å². The number of nitrogens with two attached hydrogens (primary N) is 1. The molecule has 3 nitrogen and oxygen atoms in total. The number of aryl methyl sites for hydroxylation is 2. The lowest BCUT2D eigenvalue weighted by atomic mass is 10.0. The number of halogens is 1.